The van der Waals surface area contributed by atoms with Crippen molar-refractivity contribution in [2.45, 2.75) is 99.0 Å². The molecule has 1 aromatic rings. The van der Waals surface area contributed by atoms with Gasteiger partial charge >= 0.3 is 0 Å². The first-order valence-corrected chi connectivity index (χ1v) is 15.0. The fourth-order valence-electron chi connectivity index (χ4n) is 9.13. The zero-order valence-electron chi connectivity index (χ0n) is 25.4. The maximum absolute atomic E-state index is 14.4. The van der Waals surface area contributed by atoms with E-state index in [1.165, 1.54) is 19.4 Å². The molecule has 2 fully saturated rings. The lowest BCUT2D eigenvalue weighted by molar-refractivity contribution is -0.183. The summed E-state index contributed by atoms with van der Waals surface area (Å²) in [5.41, 5.74) is -2.21. The Hall–Kier alpha value is -3.04. The zero-order chi connectivity index (χ0) is 30.3. The number of carbonyl (C=O) groups is 4. The maximum atomic E-state index is 14.4. The predicted octanol–water partition coefficient (Wildman–Crippen LogP) is 5.55. The van der Waals surface area contributed by atoms with Crippen molar-refractivity contribution >= 4 is 23.1 Å². The molecule has 218 valence electrons. The van der Waals surface area contributed by atoms with Crippen molar-refractivity contribution in [2.24, 2.45) is 34.0 Å². The van der Waals surface area contributed by atoms with Crippen LogP contribution in [-0.4, -0.2) is 38.9 Å². The molecule has 0 spiro atoms. The van der Waals surface area contributed by atoms with Gasteiger partial charge in [0.05, 0.1) is 11.5 Å². The molecule has 5 atom stereocenters. The summed E-state index contributed by atoms with van der Waals surface area (Å²) in [5.74, 6) is 1.12. The number of ketones is 4. The number of aliphatic hydroxyl groups is 1. The number of benzene rings is 1. The molecular weight excluding hydrogens is 516 g/mol. The summed E-state index contributed by atoms with van der Waals surface area (Å²) in [5, 5.41) is 23.1. The van der Waals surface area contributed by atoms with Gasteiger partial charge in [-0.25, -0.2) is 0 Å². The molecule has 2 unspecified atom stereocenters. The molecule has 41 heavy (non-hydrogen) atoms. The van der Waals surface area contributed by atoms with E-state index in [1.54, 1.807) is 19.9 Å². The highest BCUT2D eigenvalue weighted by molar-refractivity contribution is 6.27. The fraction of sp³-hybridized carbons (Fsp3) is 0.600. The highest BCUT2D eigenvalue weighted by atomic mass is 16.3. The van der Waals surface area contributed by atoms with E-state index in [1.807, 2.05) is 20.8 Å². The molecule has 4 aliphatic rings. The minimum atomic E-state index is -2.53. The van der Waals surface area contributed by atoms with E-state index in [0.717, 1.165) is 31.3 Å². The second-order valence-electron chi connectivity index (χ2n) is 14.2. The van der Waals surface area contributed by atoms with Gasteiger partial charge in [-0.05, 0) is 75.5 Å². The van der Waals surface area contributed by atoms with Gasteiger partial charge in [-0.2, -0.15) is 0 Å². The predicted molar refractivity (Wildman–Crippen MR) is 155 cm³/mol. The molecule has 6 nitrogen and oxygen atoms in total. The van der Waals surface area contributed by atoms with E-state index in [2.05, 4.69) is 18.8 Å². The Morgan fingerprint density at radius 3 is 2.24 bits per heavy atom. The zero-order valence-corrected chi connectivity index (χ0v) is 25.4. The van der Waals surface area contributed by atoms with Crippen molar-refractivity contribution < 1.29 is 29.4 Å². The molecule has 0 saturated heterocycles. The van der Waals surface area contributed by atoms with Crippen LogP contribution in [0.3, 0.4) is 0 Å². The largest absolute Gasteiger partial charge is 0.507 e. The first kappa shape index (κ1) is 29.5. The Labute approximate surface area is 243 Å². The summed E-state index contributed by atoms with van der Waals surface area (Å²) in [4.78, 5) is 55.2. The number of rotatable bonds is 2. The van der Waals surface area contributed by atoms with Crippen molar-refractivity contribution in [3.63, 3.8) is 0 Å². The van der Waals surface area contributed by atoms with Crippen LogP contribution in [0.25, 0.3) is 0 Å². The van der Waals surface area contributed by atoms with Crippen molar-refractivity contribution in [3.05, 3.63) is 40.0 Å². The van der Waals surface area contributed by atoms with Crippen LogP contribution in [0, 0.1) is 45.8 Å². The molecule has 0 amide bonds. The van der Waals surface area contributed by atoms with E-state index in [9.17, 15) is 29.4 Å². The number of aromatic hydroxyl groups is 1. The number of fused-ring (bicyclic) bond motifs is 3. The lowest BCUT2D eigenvalue weighted by Crippen LogP contribution is -2.73. The molecule has 0 aliphatic heterocycles. The van der Waals surface area contributed by atoms with Crippen LogP contribution < -0.4 is 0 Å². The summed E-state index contributed by atoms with van der Waals surface area (Å²) in [6.07, 6.45) is 6.00. The number of allylic oxidation sites excluding steroid dienone is 1. The number of Topliss-reactive ketones (excluding diaryl/α,β-unsaturated/α-hetero) is 4. The molecule has 0 radical (unpaired) electrons. The average Bonchev–Trinajstić information content (AvgIpc) is 2.85. The summed E-state index contributed by atoms with van der Waals surface area (Å²) in [7, 11) is 0. The number of hydrogen-bond acceptors (Lipinski definition) is 6. The number of hydrogen-bond donors (Lipinski definition) is 2. The van der Waals surface area contributed by atoms with Gasteiger partial charge in [-0.1, -0.05) is 69.9 Å². The fourth-order valence-corrected chi connectivity index (χ4v) is 9.13. The highest BCUT2D eigenvalue weighted by Gasteiger charge is 2.73. The molecule has 2 N–H and O–H groups in total. The SMILES string of the molecule is CC(=O)C1C(=O)[C@@]2(O)C(=O)C3C(=O)c4c(O)ccc(C#CC5(C)CCCCC5)c4C[C@@]3(C)C[C@@]2(C)C(C(C)C)=C1C. The third-order valence-electron chi connectivity index (χ3n) is 10.8. The van der Waals surface area contributed by atoms with Gasteiger partial charge in [0.2, 0.25) is 0 Å². The van der Waals surface area contributed by atoms with Crippen LogP contribution in [0.1, 0.15) is 108 Å². The Kier molecular flexibility index (Phi) is 6.82. The van der Waals surface area contributed by atoms with Crippen molar-refractivity contribution in [3.8, 4) is 17.6 Å². The minimum Gasteiger partial charge on any atom is -0.507 e. The first-order valence-electron chi connectivity index (χ1n) is 15.0. The third kappa shape index (κ3) is 4.02. The lowest BCUT2D eigenvalue weighted by Gasteiger charge is -2.60. The molecule has 5 rings (SSSR count). The quantitative estimate of drug-likeness (QED) is 0.280. The van der Waals surface area contributed by atoms with Crippen LogP contribution in [0.15, 0.2) is 23.3 Å². The van der Waals surface area contributed by atoms with Gasteiger partial charge in [0, 0.05) is 16.4 Å². The summed E-state index contributed by atoms with van der Waals surface area (Å²) in [6, 6.07) is 3.19. The van der Waals surface area contributed by atoms with Crippen LogP contribution in [0.2, 0.25) is 0 Å². The van der Waals surface area contributed by atoms with Crippen LogP contribution >= 0.6 is 0 Å². The smallest absolute Gasteiger partial charge is 0.192 e. The van der Waals surface area contributed by atoms with Crippen molar-refractivity contribution in [1.82, 2.24) is 0 Å². The van der Waals surface area contributed by atoms with E-state index in [-0.39, 0.29) is 29.1 Å². The van der Waals surface area contributed by atoms with Gasteiger partial charge < -0.3 is 10.2 Å². The number of carbonyl (C=O) groups excluding carboxylic acids is 4. The van der Waals surface area contributed by atoms with Gasteiger partial charge in [0.25, 0.3) is 0 Å². The van der Waals surface area contributed by atoms with E-state index < -0.39 is 51.4 Å². The Morgan fingerprint density at radius 1 is 1.02 bits per heavy atom. The molecule has 4 aliphatic carbocycles. The van der Waals surface area contributed by atoms with Gasteiger partial charge in [0.15, 0.2) is 23.0 Å². The van der Waals surface area contributed by atoms with Crippen molar-refractivity contribution in [2.75, 3.05) is 0 Å². The Bertz CT molecular complexity index is 1480. The highest BCUT2D eigenvalue weighted by Crippen LogP contribution is 2.64. The van der Waals surface area contributed by atoms with E-state index in [0.29, 0.717) is 23.1 Å². The van der Waals surface area contributed by atoms with Gasteiger partial charge in [-0.3, -0.25) is 19.2 Å². The lowest BCUT2D eigenvalue weighted by atomic mass is 9.41. The minimum absolute atomic E-state index is 0.0517. The van der Waals surface area contributed by atoms with E-state index in [4.69, 9.17) is 0 Å². The van der Waals surface area contributed by atoms with Crippen LogP contribution in [-0.2, 0) is 20.8 Å². The topological polar surface area (TPSA) is 109 Å². The molecule has 0 bridgehead atoms. The monoisotopic (exact) mass is 558 g/mol. The summed E-state index contributed by atoms with van der Waals surface area (Å²) >= 11 is 0. The molecular formula is C35H42O6. The molecule has 2 saturated carbocycles. The van der Waals surface area contributed by atoms with Gasteiger partial charge in [0.1, 0.15) is 17.5 Å². The normalized spacial score (nSPS) is 34.4. The summed E-state index contributed by atoms with van der Waals surface area (Å²) < 4.78 is 0. The van der Waals surface area contributed by atoms with Gasteiger partial charge in [-0.15, -0.1) is 0 Å². The molecule has 6 heteroatoms. The average molecular weight is 559 g/mol. The third-order valence-corrected chi connectivity index (χ3v) is 10.8. The number of phenols is 1. The second-order valence-corrected chi connectivity index (χ2v) is 14.2. The Morgan fingerprint density at radius 2 is 1.66 bits per heavy atom. The summed E-state index contributed by atoms with van der Waals surface area (Å²) in [6.45, 7) is 12.7. The van der Waals surface area contributed by atoms with Crippen LogP contribution in [0.4, 0.5) is 0 Å². The first-order chi connectivity index (χ1) is 19.0. The number of phenolic OH excluding ortho intramolecular Hbond substituents is 1. The molecule has 0 heterocycles. The van der Waals surface area contributed by atoms with Crippen LogP contribution in [0.5, 0.6) is 5.75 Å². The molecule has 1 aromatic carbocycles. The Balaban J connectivity index is 1.69. The second kappa shape index (κ2) is 9.49. The molecule has 0 aromatic heterocycles. The van der Waals surface area contributed by atoms with Crippen molar-refractivity contribution in [1.29, 1.82) is 0 Å². The standard InChI is InChI=1S/C35H42O6/c1-19(2)27-20(3)25(21(4)36)30(39)35(41)31(40)28-29(38)26-23(17-33(28,6)18-34(27,35)7)22(11-12-24(26)37)13-16-32(5)14-9-8-10-15-32/h11-12,19,25,28,37,41H,8-10,14-15,17-18H2,1-7H3/t25?,28?,33-,34-,35+/m0/s1. The van der Waals surface area contributed by atoms with E-state index >= 15 is 0 Å². The maximum Gasteiger partial charge on any atom is 0.192 e.